The van der Waals surface area contributed by atoms with Gasteiger partial charge in [0.05, 0.1) is 18.0 Å². The van der Waals surface area contributed by atoms with E-state index in [0.717, 1.165) is 49.6 Å². The summed E-state index contributed by atoms with van der Waals surface area (Å²) in [5, 5.41) is 3.23. The third-order valence-electron chi connectivity index (χ3n) is 4.33. The summed E-state index contributed by atoms with van der Waals surface area (Å²) in [5.41, 5.74) is 1.92. The number of nitrogens with one attached hydrogen (secondary N) is 1. The van der Waals surface area contributed by atoms with E-state index in [-0.39, 0.29) is 12.3 Å². The lowest BCUT2D eigenvalue weighted by Gasteiger charge is -2.22. The van der Waals surface area contributed by atoms with Crippen LogP contribution in [-0.4, -0.2) is 58.3 Å². The van der Waals surface area contributed by atoms with Crippen LogP contribution in [0.4, 0.5) is 5.69 Å². The van der Waals surface area contributed by atoms with E-state index >= 15 is 0 Å². The molecule has 6 nitrogen and oxygen atoms in total. The van der Waals surface area contributed by atoms with Gasteiger partial charge in [0.1, 0.15) is 0 Å². The molecule has 1 aliphatic rings. The van der Waals surface area contributed by atoms with Crippen LogP contribution in [0.3, 0.4) is 0 Å². The lowest BCUT2D eigenvalue weighted by atomic mass is 10.2. The number of para-hydroxylation sites is 1. The molecule has 0 spiro atoms. The zero-order valence-electron chi connectivity index (χ0n) is 15.5. The Bertz CT molecular complexity index is 688. The van der Waals surface area contributed by atoms with Crippen LogP contribution in [0.1, 0.15) is 32.3 Å². The molecule has 140 valence electrons. The molecule has 0 bridgehead atoms. The minimum Gasteiger partial charge on any atom is -0.357 e. The largest absolute Gasteiger partial charge is 0.357 e. The fourth-order valence-electron chi connectivity index (χ4n) is 2.94. The van der Waals surface area contributed by atoms with Crippen molar-refractivity contribution in [3.8, 4) is 0 Å². The Morgan fingerprint density at radius 2 is 2.08 bits per heavy atom. The average Bonchev–Trinajstić information content (AvgIpc) is 3.03. The monoisotopic (exact) mass is 366 g/mol. The van der Waals surface area contributed by atoms with E-state index in [1.54, 1.807) is 0 Å². The summed E-state index contributed by atoms with van der Waals surface area (Å²) in [6.07, 6.45) is 2.98. The second-order valence-corrected chi connectivity index (χ2v) is 8.29. The molecular formula is C18H30N4O2S. The lowest BCUT2D eigenvalue weighted by molar-refractivity contribution is 0.465. The topological polar surface area (TPSA) is 65.0 Å². The van der Waals surface area contributed by atoms with E-state index in [1.165, 1.54) is 4.31 Å². The van der Waals surface area contributed by atoms with Crippen molar-refractivity contribution in [1.82, 2.24) is 10.2 Å². The van der Waals surface area contributed by atoms with Gasteiger partial charge in [-0.1, -0.05) is 31.5 Å². The second kappa shape index (κ2) is 9.08. The Morgan fingerprint density at radius 1 is 1.32 bits per heavy atom. The summed E-state index contributed by atoms with van der Waals surface area (Å²) >= 11 is 0. The Balaban J connectivity index is 2.01. The molecule has 1 aromatic rings. The van der Waals surface area contributed by atoms with Gasteiger partial charge in [0.15, 0.2) is 5.96 Å². The number of aliphatic imine (C=N–C) groups is 1. The van der Waals surface area contributed by atoms with Gasteiger partial charge in [0, 0.05) is 26.7 Å². The van der Waals surface area contributed by atoms with Crippen LogP contribution in [0.25, 0.3) is 0 Å². The van der Waals surface area contributed by atoms with Gasteiger partial charge >= 0.3 is 0 Å². The smallest absolute Gasteiger partial charge is 0.237 e. The molecule has 0 aliphatic carbocycles. The first-order chi connectivity index (χ1) is 12.0. The Labute approximate surface area is 152 Å². The summed E-state index contributed by atoms with van der Waals surface area (Å²) in [5.74, 6) is 0.797. The average molecular weight is 367 g/mol. The predicted molar refractivity (Wildman–Crippen MR) is 105 cm³/mol. The maximum Gasteiger partial charge on any atom is 0.237 e. The van der Waals surface area contributed by atoms with E-state index in [9.17, 15) is 8.42 Å². The molecule has 0 radical (unpaired) electrons. The van der Waals surface area contributed by atoms with E-state index in [1.807, 2.05) is 38.2 Å². The highest BCUT2D eigenvalue weighted by atomic mass is 32.2. The molecule has 1 heterocycles. The van der Waals surface area contributed by atoms with E-state index in [2.05, 4.69) is 22.1 Å². The number of benzene rings is 1. The van der Waals surface area contributed by atoms with Gasteiger partial charge in [-0.2, -0.15) is 0 Å². The van der Waals surface area contributed by atoms with Gasteiger partial charge in [-0.05, 0) is 31.4 Å². The highest BCUT2D eigenvalue weighted by Crippen LogP contribution is 2.29. The maximum absolute atomic E-state index is 12.7. The number of sulfonamides is 1. The number of hydrogen-bond acceptors (Lipinski definition) is 3. The molecule has 0 atom stereocenters. The first kappa shape index (κ1) is 19.6. The number of fused-ring (bicyclic) bond motifs is 1. The van der Waals surface area contributed by atoms with Crippen molar-refractivity contribution in [2.24, 2.45) is 4.99 Å². The van der Waals surface area contributed by atoms with Gasteiger partial charge in [-0.15, -0.1) is 0 Å². The summed E-state index contributed by atoms with van der Waals surface area (Å²) in [7, 11) is -1.36. The van der Waals surface area contributed by atoms with Crippen molar-refractivity contribution in [3.63, 3.8) is 0 Å². The second-order valence-electron chi connectivity index (χ2n) is 6.28. The zero-order valence-corrected chi connectivity index (χ0v) is 16.3. The fourth-order valence-corrected chi connectivity index (χ4v) is 4.33. The van der Waals surface area contributed by atoms with Crippen LogP contribution in [0.2, 0.25) is 0 Å². The third-order valence-corrected chi connectivity index (χ3v) is 6.08. The van der Waals surface area contributed by atoms with Crippen molar-refractivity contribution in [1.29, 1.82) is 0 Å². The predicted octanol–water partition coefficient (Wildman–Crippen LogP) is 2.08. The van der Waals surface area contributed by atoms with Crippen molar-refractivity contribution in [2.75, 3.05) is 43.3 Å². The summed E-state index contributed by atoms with van der Waals surface area (Å²) in [4.78, 5) is 6.56. The summed E-state index contributed by atoms with van der Waals surface area (Å²) in [6, 6.07) is 7.71. The van der Waals surface area contributed by atoms with E-state index in [0.29, 0.717) is 6.54 Å². The number of rotatable bonds is 8. The van der Waals surface area contributed by atoms with Crippen molar-refractivity contribution < 1.29 is 8.42 Å². The lowest BCUT2D eigenvalue weighted by Crippen LogP contribution is -2.40. The minimum absolute atomic E-state index is 0.0256. The summed E-state index contributed by atoms with van der Waals surface area (Å²) < 4.78 is 26.9. The van der Waals surface area contributed by atoms with Crippen LogP contribution in [0.5, 0.6) is 0 Å². The highest BCUT2D eigenvalue weighted by Gasteiger charge is 2.28. The van der Waals surface area contributed by atoms with Gasteiger partial charge < -0.3 is 10.2 Å². The number of guanidine groups is 1. The Kier molecular flexibility index (Phi) is 7.11. The number of anilines is 1. The quantitative estimate of drug-likeness (QED) is 0.565. The SMILES string of the molecule is CCCCN(C)C(=NCCS(=O)(=O)N1CCc2ccccc21)NCC. The van der Waals surface area contributed by atoms with Gasteiger partial charge in [0.25, 0.3) is 0 Å². The molecule has 1 aliphatic heterocycles. The molecule has 1 aromatic carbocycles. The van der Waals surface area contributed by atoms with Crippen LogP contribution in [0.15, 0.2) is 29.3 Å². The third kappa shape index (κ3) is 5.11. The number of nitrogens with zero attached hydrogens (tertiary/aromatic N) is 3. The number of hydrogen-bond donors (Lipinski definition) is 1. The molecule has 0 unspecified atom stereocenters. The van der Waals surface area contributed by atoms with Gasteiger partial charge in [0.2, 0.25) is 10.0 Å². The van der Waals surface area contributed by atoms with Gasteiger partial charge in [-0.25, -0.2) is 8.42 Å². The molecule has 2 rings (SSSR count). The molecule has 0 amide bonds. The molecule has 7 heteroatoms. The van der Waals surface area contributed by atoms with Gasteiger partial charge in [-0.3, -0.25) is 9.30 Å². The van der Waals surface area contributed by atoms with E-state index in [4.69, 9.17) is 0 Å². The van der Waals surface area contributed by atoms with Crippen LogP contribution < -0.4 is 9.62 Å². The molecule has 1 N–H and O–H groups in total. The fraction of sp³-hybridized carbons (Fsp3) is 0.611. The normalized spacial score (nSPS) is 14.5. The first-order valence-electron chi connectivity index (χ1n) is 9.07. The zero-order chi connectivity index (χ0) is 18.3. The molecule has 25 heavy (non-hydrogen) atoms. The van der Waals surface area contributed by atoms with Crippen LogP contribution in [0, 0.1) is 0 Å². The van der Waals surface area contributed by atoms with Crippen molar-refractivity contribution >= 4 is 21.7 Å². The highest BCUT2D eigenvalue weighted by molar-refractivity contribution is 7.92. The molecule has 0 aromatic heterocycles. The van der Waals surface area contributed by atoms with Crippen LogP contribution in [-0.2, 0) is 16.4 Å². The van der Waals surface area contributed by atoms with Crippen LogP contribution >= 0.6 is 0 Å². The number of unbranched alkanes of at least 4 members (excludes halogenated alkanes) is 1. The van der Waals surface area contributed by atoms with E-state index < -0.39 is 10.0 Å². The maximum atomic E-state index is 12.7. The summed E-state index contributed by atoms with van der Waals surface area (Å²) in [6.45, 7) is 6.64. The Hall–Kier alpha value is -1.76. The molecular weight excluding hydrogens is 336 g/mol. The molecule has 0 fully saturated rings. The first-order valence-corrected chi connectivity index (χ1v) is 10.7. The standard InChI is InChI=1S/C18H30N4O2S/c1-4-6-13-21(3)18(19-5-2)20-12-15-25(23,24)22-14-11-16-9-7-8-10-17(16)22/h7-10H,4-6,11-15H2,1-3H3,(H,19,20). The molecule has 0 saturated heterocycles. The van der Waals surface area contributed by atoms with Crippen molar-refractivity contribution in [3.05, 3.63) is 29.8 Å². The minimum atomic E-state index is -3.35. The van der Waals surface area contributed by atoms with Crippen molar-refractivity contribution in [2.45, 2.75) is 33.1 Å². The molecule has 0 saturated carbocycles. The Morgan fingerprint density at radius 3 is 2.80 bits per heavy atom.